The average molecular weight is 396 g/mol. The topological polar surface area (TPSA) is 70.4 Å². The molecule has 146 valence electrons. The van der Waals surface area contributed by atoms with Gasteiger partial charge in [0.05, 0.1) is 23.3 Å². The lowest BCUT2D eigenvalue weighted by Crippen LogP contribution is -2.44. The normalized spacial score (nSPS) is 15.6. The molecule has 7 nitrogen and oxygen atoms in total. The summed E-state index contributed by atoms with van der Waals surface area (Å²) in [5.74, 6) is 1.53. The molecule has 2 N–H and O–H groups in total. The monoisotopic (exact) mass is 395 g/mol. The molecular weight excluding hydrogens is 370 g/mol. The number of hydrogen-bond acceptors (Lipinski definition) is 7. The van der Waals surface area contributed by atoms with Crippen LogP contribution in [0.4, 0.5) is 10.8 Å². The molecule has 4 rings (SSSR count). The number of imidazole rings is 1. The van der Waals surface area contributed by atoms with Gasteiger partial charge in [0.15, 0.2) is 11.5 Å². The fraction of sp³-hybridized carbons (Fsp3) is 0.350. The van der Waals surface area contributed by atoms with Gasteiger partial charge in [0.25, 0.3) is 0 Å². The van der Waals surface area contributed by atoms with Crippen LogP contribution in [0.1, 0.15) is 24.0 Å². The summed E-state index contributed by atoms with van der Waals surface area (Å²) < 4.78 is 6.63. The van der Waals surface area contributed by atoms with E-state index in [1.165, 1.54) is 11.5 Å². The Morgan fingerprint density at radius 2 is 2.25 bits per heavy atom. The fourth-order valence-electron chi connectivity index (χ4n) is 3.55. The number of rotatable bonds is 7. The Bertz CT molecular complexity index is 1030. The Balaban J connectivity index is 1.61. The maximum absolute atomic E-state index is 4.66. The lowest BCUT2D eigenvalue weighted by molar-refractivity contribution is 0.104. The molecule has 1 fully saturated rings. The first-order valence-electron chi connectivity index (χ1n) is 9.37. The largest absolute Gasteiger partial charge is 0.393 e. The van der Waals surface area contributed by atoms with E-state index in [1.807, 2.05) is 43.0 Å². The molecule has 1 saturated heterocycles. The third kappa shape index (κ3) is 3.65. The van der Waals surface area contributed by atoms with Gasteiger partial charge in [-0.1, -0.05) is 19.6 Å². The van der Waals surface area contributed by atoms with E-state index < -0.39 is 0 Å². The standard InChI is InChI=1S/C20H25N7S/c1-5-15(7-21-4)17-8-22-20-19(23-14(3)11-27(17)20)24-18-6-16(25-28-18)12-26-9-13(2)10-26/h5-8,11,13,21H,1,9-10,12H2,2-4H3,(H,23,24)/b15-7+. The van der Waals surface area contributed by atoms with Crippen molar-refractivity contribution in [1.82, 2.24) is 29.0 Å². The molecule has 0 saturated carbocycles. The molecule has 0 spiro atoms. The van der Waals surface area contributed by atoms with Crippen molar-refractivity contribution in [2.45, 2.75) is 20.4 Å². The number of fused-ring (bicyclic) bond motifs is 1. The minimum absolute atomic E-state index is 0.729. The van der Waals surface area contributed by atoms with Crippen LogP contribution in [-0.4, -0.2) is 43.8 Å². The summed E-state index contributed by atoms with van der Waals surface area (Å²) >= 11 is 1.46. The number of allylic oxidation sites excluding steroid dienone is 2. The van der Waals surface area contributed by atoms with Crippen molar-refractivity contribution in [1.29, 1.82) is 0 Å². The van der Waals surface area contributed by atoms with Crippen LogP contribution in [0.3, 0.4) is 0 Å². The molecule has 3 aromatic rings. The number of nitrogens with zero attached hydrogens (tertiary/aromatic N) is 5. The van der Waals surface area contributed by atoms with Crippen molar-refractivity contribution in [2.24, 2.45) is 5.92 Å². The van der Waals surface area contributed by atoms with E-state index in [0.29, 0.717) is 0 Å². The average Bonchev–Trinajstić information content (AvgIpc) is 3.25. The van der Waals surface area contributed by atoms with Crippen LogP contribution < -0.4 is 10.6 Å². The second-order valence-electron chi connectivity index (χ2n) is 7.27. The summed E-state index contributed by atoms with van der Waals surface area (Å²) in [5, 5.41) is 7.44. The minimum atomic E-state index is 0.729. The zero-order chi connectivity index (χ0) is 19.7. The smallest absolute Gasteiger partial charge is 0.180 e. The van der Waals surface area contributed by atoms with Gasteiger partial charge in [-0.25, -0.2) is 9.97 Å². The molecule has 0 aromatic carbocycles. The predicted molar refractivity (Wildman–Crippen MR) is 115 cm³/mol. The highest BCUT2D eigenvalue weighted by Gasteiger charge is 2.23. The van der Waals surface area contributed by atoms with Crippen LogP contribution in [0, 0.1) is 12.8 Å². The molecule has 3 aromatic heterocycles. The summed E-state index contributed by atoms with van der Waals surface area (Å²) in [6.45, 7) is 11.4. The van der Waals surface area contributed by atoms with Crippen LogP contribution >= 0.6 is 11.5 Å². The van der Waals surface area contributed by atoms with E-state index in [2.05, 4.69) is 49.4 Å². The minimum Gasteiger partial charge on any atom is -0.393 e. The van der Waals surface area contributed by atoms with Gasteiger partial charge in [0.1, 0.15) is 5.00 Å². The number of aromatic nitrogens is 4. The molecule has 0 amide bonds. The highest BCUT2D eigenvalue weighted by molar-refractivity contribution is 7.10. The van der Waals surface area contributed by atoms with Crippen molar-refractivity contribution < 1.29 is 0 Å². The second-order valence-corrected chi connectivity index (χ2v) is 8.07. The second kappa shape index (κ2) is 7.73. The maximum Gasteiger partial charge on any atom is 0.180 e. The zero-order valence-corrected chi connectivity index (χ0v) is 17.3. The lowest BCUT2D eigenvalue weighted by Gasteiger charge is -2.36. The summed E-state index contributed by atoms with van der Waals surface area (Å²) in [4.78, 5) is 11.7. The molecular formula is C20H25N7S. The molecule has 28 heavy (non-hydrogen) atoms. The van der Waals surface area contributed by atoms with Crippen molar-refractivity contribution in [3.63, 3.8) is 0 Å². The molecule has 0 aliphatic carbocycles. The van der Waals surface area contributed by atoms with Gasteiger partial charge in [0.2, 0.25) is 0 Å². The Morgan fingerprint density at radius 3 is 2.96 bits per heavy atom. The Morgan fingerprint density at radius 1 is 1.43 bits per heavy atom. The maximum atomic E-state index is 4.66. The van der Waals surface area contributed by atoms with Crippen LogP contribution in [0.25, 0.3) is 11.2 Å². The Hall–Kier alpha value is -2.71. The zero-order valence-electron chi connectivity index (χ0n) is 16.4. The predicted octanol–water partition coefficient (Wildman–Crippen LogP) is 3.44. The molecule has 0 bridgehead atoms. The van der Waals surface area contributed by atoms with Crippen LogP contribution in [0.2, 0.25) is 0 Å². The fourth-order valence-corrected chi connectivity index (χ4v) is 4.20. The molecule has 4 heterocycles. The van der Waals surface area contributed by atoms with E-state index >= 15 is 0 Å². The number of likely N-dealkylation sites (tertiary alicyclic amines) is 1. The number of aryl methyl sites for hydroxylation is 1. The lowest BCUT2D eigenvalue weighted by atomic mass is 10.0. The Labute approximate surface area is 169 Å². The van der Waals surface area contributed by atoms with Crippen molar-refractivity contribution in [2.75, 3.05) is 25.5 Å². The van der Waals surface area contributed by atoms with Gasteiger partial charge in [-0.05, 0) is 30.4 Å². The molecule has 0 atom stereocenters. The van der Waals surface area contributed by atoms with Crippen LogP contribution in [0.5, 0.6) is 0 Å². The number of hydrogen-bond donors (Lipinski definition) is 2. The number of nitrogens with one attached hydrogen (secondary N) is 2. The third-order valence-electron chi connectivity index (χ3n) is 4.75. The first-order valence-corrected chi connectivity index (χ1v) is 10.1. The van der Waals surface area contributed by atoms with Crippen LogP contribution in [0.15, 0.2) is 37.3 Å². The van der Waals surface area contributed by atoms with Gasteiger partial charge in [0, 0.05) is 44.7 Å². The summed E-state index contributed by atoms with van der Waals surface area (Å²) in [5.41, 5.74) is 4.70. The molecule has 8 heteroatoms. The summed E-state index contributed by atoms with van der Waals surface area (Å²) in [6, 6.07) is 2.11. The van der Waals surface area contributed by atoms with E-state index in [-0.39, 0.29) is 0 Å². The van der Waals surface area contributed by atoms with Crippen LogP contribution in [-0.2, 0) is 6.54 Å². The Kier molecular flexibility index (Phi) is 5.15. The number of anilines is 2. The molecule has 1 aliphatic rings. The molecule has 0 radical (unpaired) electrons. The van der Waals surface area contributed by atoms with Crippen molar-refractivity contribution in [3.05, 3.63) is 54.4 Å². The summed E-state index contributed by atoms with van der Waals surface area (Å²) in [6.07, 6.45) is 7.55. The van der Waals surface area contributed by atoms with Gasteiger partial charge in [-0.2, -0.15) is 4.37 Å². The SMILES string of the molecule is C=C/C(=C\NC)c1cnc2c(Nc3cc(CN4CC(C)C4)ns3)nc(C)cn12. The van der Waals surface area contributed by atoms with Crippen molar-refractivity contribution in [3.8, 4) is 0 Å². The first-order chi connectivity index (χ1) is 13.6. The third-order valence-corrected chi connectivity index (χ3v) is 5.50. The van der Waals surface area contributed by atoms with Gasteiger partial charge < -0.3 is 10.6 Å². The summed E-state index contributed by atoms with van der Waals surface area (Å²) in [7, 11) is 1.87. The van der Waals surface area contributed by atoms with Gasteiger partial charge in [-0.3, -0.25) is 9.30 Å². The quantitative estimate of drug-likeness (QED) is 0.597. The first kappa shape index (κ1) is 18.6. The van der Waals surface area contributed by atoms with E-state index in [9.17, 15) is 0 Å². The highest BCUT2D eigenvalue weighted by atomic mass is 32.1. The molecule has 1 aliphatic heterocycles. The molecule has 0 unspecified atom stereocenters. The highest BCUT2D eigenvalue weighted by Crippen LogP contribution is 2.27. The van der Waals surface area contributed by atoms with E-state index in [0.717, 1.165) is 64.7 Å². The van der Waals surface area contributed by atoms with E-state index in [1.54, 1.807) is 0 Å². The van der Waals surface area contributed by atoms with Crippen molar-refractivity contribution >= 4 is 33.6 Å². The van der Waals surface area contributed by atoms with Gasteiger partial charge >= 0.3 is 0 Å². The van der Waals surface area contributed by atoms with Gasteiger partial charge in [-0.15, -0.1) is 0 Å². The van der Waals surface area contributed by atoms with E-state index in [4.69, 9.17) is 0 Å².